The summed E-state index contributed by atoms with van der Waals surface area (Å²) in [6.07, 6.45) is 4.37. The molecule has 2 atom stereocenters. The maximum Gasteiger partial charge on any atom is 0.322 e. The highest BCUT2D eigenvalue weighted by Gasteiger charge is 2.43. The van der Waals surface area contributed by atoms with Crippen molar-refractivity contribution >= 4 is 40.7 Å². The molecule has 3 N–H and O–H groups in total. The first-order chi connectivity index (χ1) is 11.5. The van der Waals surface area contributed by atoms with Gasteiger partial charge in [-0.15, -0.1) is 0 Å². The van der Waals surface area contributed by atoms with Crippen molar-refractivity contribution in [2.75, 3.05) is 11.1 Å². The van der Waals surface area contributed by atoms with Crippen LogP contribution in [-0.4, -0.2) is 22.0 Å². The lowest BCUT2D eigenvalue weighted by atomic mass is 9.94. The summed E-state index contributed by atoms with van der Waals surface area (Å²) >= 11 is 11.9. The van der Waals surface area contributed by atoms with Crippen molar-refractivity contribution < 1.29 is 4.79 Å². The molecule has 3 heterocycles. The number of amides is 2. The van der Waals surface area contributed by atoms with Crippen LogP contribution in [0.5, 0.6) is 0 Å². The Morgan fingerprint density at radius 2 is 2.08 bits per heavy atom. The molecular weight excluding hydrogens is 347 g/mol. The van der Waals surface area contributed by atoms with E-state index in [0.717, 1.165) is 30.4 Å². The second-order valence-corrected chi connectivity index (χ2v) is 7.00. The van der Waals surface area contributed by atoms with Gasteiger partial charge in [-0.05, 0) is 49.1 Å². The Kier molecular flexibility index (Phi) is 3.77. The van der Waals surface area contributed by atoms with E-state index in [0.29, 0.717) is 21.6 Å². The number of carbonyl (C=O) groups excluding carboxylic acids is 1. The number of nitrogen functional groups attached to an aromatic ring is 1. The molecule has 2 aromatic rings. The van der Waals surface area contributed by atoms with E-state index in [1.807, 2.05) is 11.0 Å². The summed E-state index contributed by atoms with van der Waals surface area (Å²) in [5.74, 6) is 0.578. The molecule has 1 fully saturated rings. The number of hydrogen-bond donors (Lipinski definition) is 2. The SMILES string of the molecule is Nc1nccc2c1C[C@@H]1CC[C@H]2N1C(=O)Nc1ccc(Cl)c(Cl)c1. The van der Waals surface area contributed by atoms with Gasteiger partial charge >= 0.3 is 6.03 Å². The van der Waals surface area contributed by atoms with E-state index in [-0.39, 0.29) is 18.1 Å². The fourth-order valence-electron chi connectivity index (χ4n) is 3.75. The maximum atomic E-state index is 12.8. The summed E-state index contributed by atoms with van der Waals surface area (Å²) in [5, 5.41) is 3.80. The van der Waals surface area contributed by atoms with Gasteiger partial charge in [-0.2, -0.15) is 0 Å². The lowest BCUT2D eigenvalue weighted by Crippen LogP contribution is -2.44. The fourth-order valence-corrected chi connectivity index (χ4v) is 4.05. The van der Waals surface area contributed by atoms with E-state index in [1.165, 1.54) is 0 Å². The Morgan fingerprint density at radius 3 is 2.88 bits per heavy atom. The predicted octanol–water partition coefficient (Wildman–Crippen LogP) is 4.26. The number of anilines is 2. The van der Waals surface area contributed by atoms with Crippen LogP contribution in [0.15, 0.2) is 30.5 Å². The lowest BCUT2D eigenvalue weighted by molar-refractivity contribution is 0.179. The van der Waals surface area contributed by atoms with Crippen LogP contribution in [0.3, 0.4) is 0 Å². The van der Waals surface area contributed by atoms with Gasteiger partial charge in [0.15, 0.2) is 0 Å². The van der Waals surface area contributed by atoms with Crippen molar-refractivity contribution in [1.29, 1.82) is 0 Å². The molecule has 124 valence electrons. The minimum atomic E-state index is -0.123. The maximum absolute atomic E-state index is 12.8. The van der Waals surface area contributed by atoms with Crippen molar-refractivity contribution in [2.24, 2.45) is 0 Å². The van der Waals surface area contributed by atoms with Crippen molar-refractivity contribution in [3.8, 4) is 0 Å². The molecule has 0 spiro atoms. The Balaban J connectivity index is 1.61. The van der Waals surface area contributed by atoms with Crippen LogP contribution in [0.2, 0.25) is 10.0 Å². The minimum Gasteiger partial charge on any atom is -0.383 e. The van der Waals surface area contributed by atoms with Crippen LogP contribution in [0.25, 0.3) is 0 Å². The normalized spacial score (nSPS) is 21.5. The zero-order valence-electron chi connectivity index (χ0n) is 12.8. The van der Waals surface area contributed by atoms with Gasteiger partial charge in [0, 0.05) is 23.5 Å². The minimum absolute atomic E-state index is 0.0480. The van der Waals surface area contributed by atoms with Gasteiger partial charge in [-0.3, -0.25) is 0 Å². The first-order valence-corrected chi connectivity index (χ1v) is 8.58. The summed E-state index contributed by atoms with van der Waals surface area (Å²) in [5.41, 5.74) is 8.84. The zero-order chi connectivity index (χ0) is 16.8. The van der Waals surface area contributed by atoms with Crippen LogP contribution >= 0.6 is 23.2 Å². The number of pyridine rings is 1. The van der Waals surface area contributed by atoms with E-state index >= 15 is 0 Å². The first kappa shape index (κ1) is 15.5. The number of benzene rings is 1. The van der Waals surface area contributed by atoms with Gasteiger partial charge < -0.3 is 16.0 Å². The number of aromatic nitrogens is 1. The topological polar surface area (TPSA) is 71.2 Å². The van der Waals surface area contributed by atoms with Gasteiger partial charge in [-0.1, -0.05) is 23.2 Å². The molecule has 24 heavy (non-hydrogen) atoms. The Bertz CT molecular complexity index is 826. The Labute approximate surface area is 149 Å². The third-order valence-corrected chi connectivity index (χ3v) is 5.57. The van der Waals surface area contributed by atoms with Crippen LogP contribution in [-0.2, 0) is 6.42 Å². The highest BCUT2D eigenvalue weighted by atomic mass is 35.5. The van der Waals surface area contributed by atoms with Crippen molar-refractivity contribution in [3.05, 3.63) is 51.6 Å². The number of urea groups is 1. The van der Waals surface area contributed by atoms with Crippen molar-refractivity contribution in [1.82, 2.24) is 9.88 Å². The van der Waals surface area contributed by atoms with Crippen LogP contribution in [0.1, 0.15) is 30.0 Å². The molecule has 2 aliphatic heterocycles. The second-order valence-electron chi connectivity index (χ2n) is 6.18. The predicted molar refractivity (Wildman–Crippen MR) is 95.4 cm³/mol. The van der Waals surface area contributed by atoms with Crippen molar-refractivity contribution in [2.45, 2.75) is 31.3 Å². The molecule has 2 aliphatic rings. The summed E-state index contributed by atoms with van der Waals surface area (Å²) in [6.45, 7) is 0. The molecule has 4 rings (SSSR count). The lowest BCUT2D eigenvalue weighted by Gasteiger charge is -2.36. The Morgan fingerprint density at radius 1 is 1.25 bits per heavy atom. The monoisotopic (exact) mass is 362 g/mol. The number of halogens is 2. The fraction of sp³-hybridized carbons (Fsp3) is 0.294. The van der Waals surface area contributed by atoms with Gasteiger partial charge in [0.05, 0.1) is 16.1 Å². The molecule has 0 radical (unpaired) electrons. The van der Waals surface area contributed by atoms with Crippen molar-refractivity contribution in [3.63, 3.8) is 0 Å². The largest absolute Gasteiger partial charge is 0.383 e. The summed E-state index contributed by atoms with van der Waals surface area (Å²) < 4.78 is 0. The van der Waals surface area contributed by atoms with E-state index in [4.69, 9.17) is 28.9 Å². The molecule has 0 aliphatic carbocycles. The summed E-state index contributed by atoms with van der Waals surface area (Å²) in [7, 11) is 0. The van der Waals surface area contributed by atoms with E-state index in [9.17, 15) is 4.79 Å². The third kappa shape index (κ3) is 2.48. The van der Waals surface area contributed by atoms with Crippen LogP contribution < -0.4 is 11.1 Å². The number of nitrogens with two attached hydrogens (primary N) is 1. The molecule has 0 unspecified atom stereocenters. The standard InChI is InChI=1S/C17H16Cl2N4O/c18-13-3-1-9(7-14(13)19)22-17(24)23-10-2-4-15(23)11-5-6-21-16(20)12(11)8-10/h1,3,5-7,10,15H,2,4,8H2,(H2,20,21)(H,22,24)/t10-,15+/m0/s1. The molecule has 1 saturated heterocycles. The summed E-state index contributed by atoms with van der Waals surface area (Å²) in [4.78, 5) is 18.9. The van der Waals surface area contributed by atoms with Crippen LogP contribution in [0.4, 0.5) is 16.3 Å². The second kappa shape index (κ2) is 5.83. The first-order valence-electron chi connectivity index (χ1n) is 7.82. The molecule has 1 aromatic heterocycles. The number of nitrogens with zero attached hydrogens (tertiary/aromatic N) is 2. The molecule has 2 amide bonds. The molecule has 0 saturated carbocycles. The van der Waals surface area contributed by atoms with E-state index in [2.05, 4.69) is 10.3 Å². The average Bonchev–Trinajstić information content (AvgIpc) is 2.87. The average molecular weight is 363 g/mol. The van der Waals surface area contributed by atoms with Crippen LogP contribution in [0, 0.1) is 0 Å². The van der Waals surface area contributed by atoms with Gasteiger partial charge in [0.1, 0.15) is 5.82 Å². The van der Waals surface area contributed by atoms with Gasteiger partial charge in [0.25, 0.3) is 0 Å². The number of hydrogen-bond acceptors (Lipinski definition) is 3. The van der Waals surface area contributed by atoms with E-state index < -0.39 is 0 Å². The number of rotatable bonds is 1. The number of nitrogens with one attached hydrogen (secondary N) is 1. The third-order valence-electron chi connectivity index (χ3n) is 4.83. The molecule has 5 nitrogen and oxygen atoms in total. The molecular formula is C17H16Cl2N4O. The van der Waals surface area contributed by atoms with Gasteiger partial charge in [0.2, 0.25) is 0 Å². The number of fused-ring (bicyclic) bond motifs is 4. The molecule has 2 bridgehead atoms. The molecule has 7 heteroatoms. The smallest absolute Gasteiger partial charge is 0.322 e. The van der Waals surface area contributed by atoms with E-state index in [1.54, 1.807) is 24.4 Å². The van der Waals surface area contributed by atoms with Gasteiger partial charge in [-0.25, -0.2) is 9.78 Å². The quantitative estimate of drug-likeness (QED) is 0.795. The molecule has 1 aromatic carbocycles. The highest BCUT2D eigenvalue weighted by Crippen LogP contribution is 2.45. The zero-order valence-corrected chi connectivity index (χ0v) is 14.3. The number of carbonyl (C=O) groups is 1. The highest BCUT2D eigenvalue weighted by molar-refractivity contribution is 6.42. The Hall–Kier alpha value is -1.98. The summed E-state index contributed by atoms with van der Waals surface area (Å²) in [6, 6.07) is 7.12.